The van der Waals surface area contributed by atoms with Crippen molar-refractivity contribution in [2.45, 2.75) is 43.5 Å². The van der Waals surface area contributed by atoms with Crippen LogP contribution in [0.15, 0.2) is 53.4 Å². The fourth-order valence-corrected chi connectivity index (χ4v) is 5.24. The molecule has 0 aliphatic carbocycles. The molecule has 5 nitrogen and oxygen atoms in total. The zero-order valence-corrected chi connectivity index (χ0v) is 17.5. The van der Waals surface area contributed by atoms with Crippen LogP contribution in [0.4, 0.5) is 0 Å². The fraction of sp³-hybridized carbons (Fsp3) is 0.381. The van der Waals surface area contributed by atoms with Gasteiger partial charge in [0.05, 0.1) is 4.90 Å². The third-order valence-corrected chi connectivity index (χ3v) is 7.36. The van der Waals surface area contributed by atoms with E-state index in [0.29, 0.717) is 30.1 Å². The van der Waals surface area contributed by atoms with E-state index < -0.39 is 10.0 Å². The van der Waals surface area contributed by atoms with Crippen LogP contribution in [0, 0.1) is 0 Å². The molecule has 2 aromatic rings. The molecule has 1 atom stereocenters. The maximum absolute atomic E-state index is 12.8. The number of rotatable bonds is 6. The van der Waals surface area contributed by atoms with Crippen molar-refractivity contribution in [1.82, 2.24) is 9.62 Å². The number of piperidine rings is 1. The Kier molecular flexibility index (Phi) is 6.75. The van der Waals surface area contributed by atoms with Crippen LogP contribution in [0.5, 0.6) is 0 Å². The fourth-order valence-electron chi connectivity index (χ4n) is 3.42. The first kappa shape index (κ1) is 20.8. The smallest absolute Gasteiger partial charge is 0.251 e. The molecule has 2 aromatic carbocycles. The van der Waals surface area contributed by atoms with Gasteiger partial charge in [-0.15, -0.1) is 0 Å². The van der Waals surface area contributed by atoms with Crippen LogP contribution in [0.1, 0.15) is 42.1 Å². The molecule has 0 aromatic heterocycles. The third-order valence-electron chi connectivity index (χ3n) is 5.08. The number of sulfonamides is 1. The maximum Gasteiger partial charge on any atom is 0.251 e. The number of carbonyl (C=O) groups excluding carboxylic acids is 1. The van der Waals surface area contributed by atoms with Crippen molar-refractivity contribution in [2.75, 3.05) is 13.1 Å². The van der Waals surface area contributed by atoms with E-state index in [0.717, 1.165) is 24.8 Å². The van der Waals surface area contributed by atoms with Gasteiger partial charge in [0.2, 0.25) is 10.0 Å². The van der Waals surface area contributed by atoms with Gasteiger partial charge >= 0.3 is 0 Å². The minimum atomic E-state index is -3.52. The Bertz CT molecular complexity index is 912. The van der Waals surface area contributed by atoms with E-state index >= 15 is 0 Å². The Morgan fingerprint density at radius 1 is 1.11 bits per heavy atom. The lowest BCUT2D eigenvalue weighted by molar-refractivity contribution is 0.0954. The van der Waals surface area contributed by atoms with E-state index in [2.05, 4.69) is 5.32 Å². The van der Waals surface area contributed by atoms with Crippen LogP contribution in [0.3, 0.4) is 0 Å². The van der Waals surface area contributed by atoms with Crippen LogP contribution >= 0.6 is 11.6 Å². The van der Waals surface area contributed by atoms with E-state index in [4.69, 9.17) is 11.6 Å². The first-order valence-electron chi connectivity index (χ1n) is 9.52. The molecule has 1 heterocycles. The summed E-state index contributed by atoms with van der Waals surface area (Å²) in [6, 6.07) is 13.7. The zero-order chi connectivity index (χ0) is 20.1. The molecule has 150 valence electrons. The second-order valence-electron chi connectivity index (χ2n) is 7.12. The van der Waals surface area contributed by atoms with Crippen molar-refractivity contribution in [3.05, 3.63) is 64.7 Å². The van der Waals surface area contributed by atoms with Gasteiger partial charge in [-0.1, -0.05) is 30.2 Å². The summed E-state index contributed by atoms with van der Waals surface area (Å²) in [5, 5.41) is 3.54. The van der Waals surface area contributed by atoms with Gasteiger partial charge in [-0.25, -0.2) is 8.42 Å². The molecule has 1 N–H and O–H groups in total. The first-order chi connectivity index (χ1) is 13.4. The summed E-state index contributed by atoms with van der Waals surface area (Å²) in [6.45, 7) is 2.99. The lowest BCUT2D eigenvalue weighted by Gasteiger charge is -2.32. The predicted molar refractivity (Wildman–Crippen MR) is 111 cm³/mol. The molecular weight excluding hydrogens is 396 g/mol. The van der Waals surface area contributed by atoms with Gasteiger partial charge in [0.1, 0.15) is 0 Å². The molecule has 7 heteroatoms. The van der Waals surface area contributed by atoms with E-state index in [1.54, 1.807) is 16.4 Å². The molecule has 1 saturated heterocycles. The first-order valence-corrected chi connectivity index (χ1v) is 11.3. The molecule has 0 spiro atoms. The van der Waals surface area contributed by atoms with Gasteiger partial charge in [0.15, 0.2) is 0 Å². The summed E-state index contributed by atoms with van der Waals surface area (Å²) in [6.07, 6.45) is 3.52. The summed E-state index contributed by atoms with van der Waals surface area (Å²) in [7, 11) is -3.52. The van der Waals surface area contributed by atoms with E-state index in [-0.39, 0.29) is 16.8 Å². The summed E-state index contributed by atoms with van der Waals surface area (Å²) in [4.78, 5) is 12.5. The summed E-state index contributed by atoms with van der Waals surface area (Å²) >= 11 is 5.86. The van der Waals surface area contributed by atoms with Gasteiger partial charge in [-0.05, 0) is 68.1 Å². The van der Waals surface area contributed by atoms with Crippen LogP contribution < -0.4 is 5.32 Å². The third kappa shape index (κ3) is 4.93. The number of nitrogens with zero attached hydrogens (tertiary/aromatic N) is 1. The van der Waals surface area contributed by atoms with E-state index in [9.17, 15) is 13.2 Å². The molecular formula is C21H25ClN2O3S. The highest BCUT2D eigenvalue weighted by Crippen LogP contribution is 2.25. The van der Waals surface area contributed by atoms with Crippen molar-refractivity contribution in [2.24, 2.45) is 0 Å². The van der Waals surface area contributed by atoms with E-state index in [1.807, 2.05) is 31.2 Å². The highest BCUT2D eigenvalue weighted by Gasteiger charge is 2.30. The molecule has 0 bridgehead atoms. The number of benzene rings is 2. The Hall–Kier alpha value is -1.89. The molecule has 0 saturated carbocycles. The average Bonchev–Trinajstić information content (AvgIpc) is 2.69. The summed E-state index contributed by atoms with van der Waals surface area (Å²) in [5.74, 6) is -0.218. The Morgan fingerprint density at radius 3 is 2.43 bits per heavy atom. The number of amides is 1. The number of hydrogen-bond donors (Lipinski definition) is 1. The average molecular weight is 421 g/mol. The van der Waals surface area contributed by atoms with Crippen molar-refractivity contribution < 1.29 is 13.2 Å². The molecule has 1 fully saturated rings. The van der Waals surface area contributed by atoms with Crippen molar-refractivity contribution >= 4 is 27.5 Å². The number of hydrogen-bond acceptors (Lipinski definition) is 3. The predicted octanol–water partition coefficient (Wildman–Crippen LogP) is 3.88. The zero-order valence-electron chi connectivity index (χ0n) is 15.9. The van der Waals surface area contributed by atoms with Gasteiger partial charge in [-0.2, -0.15) is 4.31 Å². The quantitative estimate of drug-likeness (QED) is 0.771. The minimum Gasteiger partial charge on any atom is -0.352 e. The number of nitrogens with one attached hydrogen (secondary N) is 1. The molecule has 3 rings (SSSR count). The summed E-state index contributed by atoms with van der Waals surface area (Å²) in [5.41, 5.74) is 1.53. The maximum atomic E-state index is 12.8. The number of carbonyl (C=O) groups is 1. The minimum absolute atomic E-state index is 0.00888. The van der Waals surface area contributed by atoms with Crippen molar-refractivity contribution in [3.8, 4) is 0 Å². The van der Waals surface area contributed by atoms with Crippen LogP contribution in [0.25, 0.3) is 0 Å². The molecule has 1 aliphatic rings. The Balaban J connectivity index is 1.60. The van der Waals surface area contributed by atoms with Crippen LogP contribution in [-0.4, -0.2) is 37.8 Å². The Labute approximate surface area is 171 Å². The lowest BCUT2D eigenvalue weighted by atomic mass is 10.1. The number of halogens is 1. The van der Waals surface area contributed by atoms with Gasteiger partial charge in [-0.3, -0.25) is 4.79 Å². The van der Waals surface area contributed by atoms with Crippen LogP contribution in [0.2, 0.25) is 5.02 Å². The molecule has 28 heavy (non-hydrogen) atoms. The highest BCUT2D eigenvalue weighted by atomic mass is 35.5. The largest absolute Gasteiger partial charge is 0.352 e. The molecule has 1 aliphatic heterocycles. The van der Waals surface area contributed by atoms with Crippen molar-refractivity contribution in [1.29, 1.82) is 0 Å². The lowest BCUT2D eigenvalue weighted by Crippen LogP contribution is -2.41. The molecule has 1 unspecified atom stereocenters. The van der Waals surface area contributed by atoms with Gasteiger partial charge in [0.25, 0.3) is 5.91 Å². The van der Waals surface area contributed by atoms with Gasteiger partial charge in [0, 0.05) is 29.7 Å². The Morgan fingerprint density at radius 2 is 1.79 bits per heavy atom. The van der Waals surface area contributed by atoms with Crippen molar-refractivity contribution in [3.63, 3.8) is 0 Å². The monoisotopic (exact) mass is 420 g/mol. The molecule has 0 radical (unpaired) electrons. The van der Waals surface area contributed by atoms with E-state index in [1.165, 1.54) is 12.1 Å². The molecule has 1 amide bonds. The summed E-state index contributed by atoms with van der Waals surface area (Å²) < 4.78 is 27.3. The standard InChI is InChI=1S/C21H25ClN2O3S/c1-16-4-2-3-15-24(16)28(26,27)20-11-7-18(8-12-20)21(25)23-14-13-17-5-9-19(22)10-6-17/h5-12,16H,2-4,13-15H2,1H3,(H,23,25). The SMILES string of the molecule is CC1CCCCN1S(=O)(=O)c1ccc(C(=O)NCCc2ccc(Cl)cc2)cc1. The second-order valence-corrected chi connectivity index (χ2v) is 9.44. The topological polar surface area (TPSA) is 66.5 Å². The normalized spacial score (nSPS) is 18.0. The second kappa shape index (κ2) is 9.07. The van der Waals surface area contributed by atoms with Crippen LogP contribution in [-0.2, 0) is 16.4 Å². The van der Waals surface area contributed by atoms with Gasteiger partial charge < -0.3 is 5.32 Å². The highest BCUT2D eigenvalue weighted by molar-refractivity contribution is 7.89.